The van der Waals surface area contributed by atoms with Crippen LogP contribution in [-0.4, -0.2) is 68.2 Å². The van der Waals surface area contributed by atoms with Gasteiger partial charge < -0.3 is 37.1 Å². The lowest BCUT2D eigenvalue weighted by Crippen LogP contribution is -2.49. The number of hydrogen-bond donors (Lipinski definition) is 5. The van der Waals surface area contributed by atoms with Crippen LogP contribution in [0.15, 0.2) is 80.3 Å². The van der Waals surface area contributed by atoms with Crippen LogP contribution in [0, 0.1) is 40.7 Å². The molecule has 11 heteroatoms. The van der Waals surface area contributed by atoms with E-state index in [2.05, 4.69) is 134 Å². The van der Waals surface area contributed by atoms with Crippen LogP contribution in [0.25, 0.3) is 0 Å². The number of aldehydes is 1. The number of ketones is 1. The number of carbonyl (C=O) groups excluding carboxylic acids is 3. The summed E-state index contributed by atoms with van der Waals surface area (Å²) in [5, 5.41) is 9.25. The fourth-order valence-electron chi connectivity index (χ4n) is 5.92. The Kier molecular flexibility index (Phi) is 38.3. The number of Topliss-reactive ketones (excluding diaryl/α,β-unsaturated/α-hetero) is 1. The number of likely N-dealkylation sites (tertiary alicyclic amines) is 1. The zero-order chi connectivity index (χ0) is 49.1. The first-order valence-corrected chi connectivity index (χ1v) is 21.8. The third-order valence-corrected chi connectivity index (χ3v) is 8.31. The molecule has 2 fully saturated rings. The molecule has 7 N–H and O–H groups in total. The number of carbonyl (C=O) groups is 3. The summed E-state index contributed by atoms with van der Waals surface area (Å²) in [5.74, 6) is -0.607. The summed E-state index contributed by atoms with van der Waals surface area (Å²) >= 11 is 0. The molecule has 0 spiro atoms. The lowest BCUT2D eigenvalue weighted by atomic mass is 9.82. The van der Waals surface area contributed by atoms with Crippen LogP contribution in [0.4, 0.5) is 8.78 Å². The lowest BCUT2D eigenvalue weighted by molar-refractivity contribution is -0.112. The van der Waals surface area contributed by atoms with Gasteiger partial charge >= 0.3 is 0 Å². The van der Waals surface area contributed by atoms with Gasteiger partial charge in [-0.1, -0.05) is 132 Å². The van der Waals surface area contributed by atoms with Crippen LogP contribution < -0.4 is 27.4 Å². The Morgan fingerprint density at radius 3 is 1.77 bits per heavy atom. The predicted octanol–water partition coefficient (Wildman–Crippen LogP) is 10.4. The molecule has 62 heavy (non-hydrogen) atoms. The largest absolute Gasteiger partial charge is 0.405 e. The number of allylic oxidation sites excluding steroid dienone is 1. The SMILES string of the molecule is C#CC(C)=O.C=CCC(=C)C(CCC)NC(=C)C1CCCN1C(=C)C(NC(=O)c1c(F)cccc1F)C1CCCCC1.C=CN.CC(C)(C)C.CC(C)(C)C.CN.CNCC=O. The van der Waals surface area contributed by atoms with Gasteiger partial charge in [-0.2, -0.15) is 0 Å². The topological polar surface area (TPSA) is 143 Å². The van der Waals surface area contributed by atoms with E-state index in [4.69, 9.17) is 0 Å². The number of nitrogens with zero attached hydrogens (tertiary/aromatic N) is 1. The quantitative estimate of drug-likeness (QED) is 0.0508. The van der Waals surface area contributed by atoms with Gasteiger partial charge in [0.2, 0.25) is 5.78 Å². The molecule has 9 nitrogen and oxygen atoms in total. The molecule has 3 unspecified atom stereocenters. The third-order valence-electron chi connectivity index (χ3n) is 8.31. The highest BCUT2D eigenvalue weighted by Crippen LogP contribution is 2.34. The lowest BCUT2D eigenvalue weighted by Gasteiger charge is -2.39. The Balaban J connectivity index is -0.000000548. The second-order valence-electron chi connectivity index (χ2n) is 18.1. The molecule has 1 amide bonds. The molecule has 1 saturated carbocycles. The van der Waals surface area contributed by atoms with Crippen LogP contribution in [-0.2, 0) is 9.59 Å². The number of nitrogens with one attached hydrogen (secondary N) is 3. The molecule has 0 bridgehead atoms. The Bertz CT molecular complexity index is 1460. The summed E-state index contributed by atoms with van der Waals surface area (Å²) in [4.78, 5) is 34.3. The van der Waals surface area contributed by atoms with E-state index in [1.807, 2.05) is 12.0 Å². The summed E-state index contributed by atoms with van der Waals surface area (Å²) in [7, 11) is 3.23. The van der Waals surface area contributed by atoms with Gasteiger partial charge in [0, 0.05) is 30.9 Å². The van der Waals surface area contributed by atoms with E-state index in [9.17, 15) is 23.2 Å². The second kappa shape index (κ2) is 37.1. The van der Waals surface area contributed by atoms with Crippen molar-refractivity contribution in [3.63, 3.8) is 0 Å². The first-order valence-electron chi connectivity index (χ1n) is 21.8. The Hall–Kier alpha value is -4.53. The van der Waals surface area contributed by atoms with Crippen molar-refractivity contribution >= 4 is 18.0 Å². The predicted molar refractivity (Wildman–Crippen MR) is 262 cm³/mol. The summed E-state index contributed by atoms with van der Waals surface area (Å²) in [6.07, 6.45) is 18.3. The minimum Gasteiger partial charge on any atom is -0.405 e. The third kappa shape index (κ3) is 34.1. The molecular weight excluding hydrogens is 783 g/mol. The van der Waals surface area contributed by atoms with Crippen molar-refractivity contribution in [2.24, 2.45) is 28.2 Å². The van der Waals surface area contributed by atoms with Gasteiger partial charge in [0.25, 0.3) is 5.91 Å². The van der Waals surface area contributed by atoms with E-state index in [1.165, 1.54) is 26.2 Å². The number of hydrogen-bond acceptors (Lipinski definition) is 8. The average Bonchev–Trinajstić information content (AvgIpc) is 3.68. The number of amides is 1. The summed E-state index contributed by atoms with van der Waals surface area (Å²) in [6.45, 7) is 42.3. The van der Waals surface area contributed by atoms with Crippen molar-refractivity contribution in [2.45, 2.75) is 152 Å². The molecule has 0 radical (unpaired) electrons. The van der Waals surface area contributed by atoms with Gasteiger partial charge in [0.05, 0.1) is 18.6 Å². The van der Waals surface area contributed by atoms with Crippen molar-refractivity contribution in [1.82, 2.24) is 20.9 Å². The van der Waals surface area contributed by atoms with Gasteiger partial charge in [-0.05, 0) is 93.6 Å². The van der Waals surface area contributed by atoms with Crippen molar-refractivity contribution in [3.8, 4) is 12.3 Å². The molecule has 3 atom stereocenters. The van der Waals surface area contributed by atoms with Crippen molar-refractivity contribution in [2.75, 3.05) is 27.2 Å². The van der Waals surface area contributed by atoms with Gasteiger partial charge in [-0.3, -0.25) is 9.59 Å². The zero-order valence-electron chi connectivity index (χ0n) is 41.0. The standard InChI is InChI=1S/C31H43F2N3O.2C5H12.C4H4O.C3H7NO.C2H5N.CH5N/c1-6-13-21(3)27(14-7-2)34-22(4)28-19-12-20-36(28)23(5)30(24-15-9-8-10-16-24)35-31(37)29-25(32)17-11-18-26(29)33;2*1-5(2,3)4;1-3-4(2)5;1-4-2-3-5;1-2-3;1-2/h6,11,17-18,24,27-28,30,34H,1,3-5,7-10,12-16,19-20H2,2H3,(H,35,37);2*1-4H3;1H,2H3;3-4H,2H2,1H3;2H,1,3H2;2H2,1H3. The zero-order valence-corrected chi connectivity index (χ0v) is 41.0. The number of likely N-dealkylation sites (N-methyl/N-ethyl adjacent to an activating group) is 1. The summed E-state index contributed by atoms with van der Waals surface area (Å²) < 4.78 is 28.8. The molecule has 1 aromatic rings. The molecule has 1 aromatic carbocycles. The highest BCUT2D eigenvalue weighted by molar-refractivity contribution is 5.95. The van der Waals surface area contributed by atoms with E-state index in [0.29, 0.717) is 17.4 Å². The van der Waals surface area contributed by atoms with Crippen molar-refractivity contribution < 1.29 is 23.2 Å². The summed E-state index contributed by atoms with van der Waals surface area (Å²) in [6, 6.07) is 3.23. The van der Waals surface area contributed by atoms with Crippen molar-refractivity contribution in [1.29, 1.82) is 0 Å². The number of terminal acetylenes is 1. The second-order valence-corrected chi connectivity index (χ2v) is 18.1. The first-order chi connectivity index (χ1) is 28.9. The Labute approximate surface area is 377 Å². The minimum absolute atomic E-state index is 0.0246. The first kappa shape index (κ1) is 64.1. The molecule has 0 aromatic heterocycles. The monoisotopic (exact) mass is 871 g/mol. The van der Waals surface area contributed by atoms with Crippen LogP contribution in [0.1, 0.15) is 144 Å². The molecule has 3 rings (SSSR count). The Morgan fingerprint density at radius 1 is 0.935 bits per heavy atom. The van der Waals surface area contributed by atoms with E-state index < -0.39 is 29.1 Å². The molecule has 1 heterocycles. The molecule has 1 aliphatic carbocycles. The van der Waals surface area contributed by atoms with Crippen molar-refractivity contribution in [3.05, 3.63) is 97.5 Å². The molecule has 1 aliphatic heterocycles. The molecule has 354 valence electrons. The fourth-order valence-corrected chi connectivity index (χ4v) is 5.92. The number of nitrogens with two attached hydrogens (primary N) is 2. The molecule has 1 saturated heterocycles. The van der Waals surface area contributed by atoms with Gasteiger partial charge in [0.15, 0.2) is 0 Å². The smallest absolute Gasteiger partial charge is 0.257 e. The van der Waals surface area contributed by atoms with Gasteiger partial charge in [-0.25, -0.2) is 8.78 Å². The highest BCUT2D eigenvalue weighted by atomic mass is 19.1. The van der Waals surface area contributed by atoms with E-state index in [-0.39, 0.29) is 23.8 Å². The van der Waals surface area contributed by atoms with Gasteiger partial charge in [0.1, 0.15) is 23.5 Å². The highest BCUT2D eigenvalue weighted by Gasteiger charge is 2.36. The van der Waals surface area contributed by atoms with E-state index >= 15 is 0 Å². The van der Waals surface area contributed by atoms with Crippen LogP contribution in [0.5, 0.6) is 0 Å². The van der Waals surface area contributed by atoms with E-state index in [0.717, 1.165) is 106 Å². The molecule has 2 aliphatic rings. The van der Waals surface area contributed by atoms with Crippen LogP contribution >= 0.6 is 0 Å². The number of benzene rings is 1. The van der Waals surface area contributed by atoms with Crippen LogP contribution in [0.3, 0.4) is 0 Å². The number of rotatable bonds is 15. The normalized spacial score (nSPS) is 15.0. The van der Waals surface area contributed by atoms with Crippen LogP contribution in [0.2, 0.25) is 0 Å². The number of halogens is 2. The van der Waals surface area contributed by atoms with E-state index in [1.54, 1.807) is 7.05 Å². The molecular formula is C51H88F2N6O3. The maximum Gasteiger partial charge on any atom is 0.257 e. The summed E-state index contributed by atoms with van der Waals surface area (Å²) in [5.41, 5.74) is 12.4. The maximum atomic E-state index is 14.4. The average molecular weight is 871 g/mol. The minimum atomic E-state index is -0.858. The Morgan fingerprint density at radius 2 is 1.40 bits per heavy atom. The van der Waals surface area contributed by atoms with Gasteiger partial charge in [-0.15, -0.1) is 13.0 Å². The fraction of sp³-hybridized carbons (Fsp3) is 0.588. The maximum absolute atomic E-state index is 14.4.